The molecule has 0 unspecified atom stereocenters. The van der Waals surface area contributed by atoms with Crippen molar-refractivity contribution in [3.05, 3.63) is 69.5 Å². The van der Waals surface area contributed by atoms with Crippen LogP contribution in [0.15, 0.2) is 36.4 Å². The third-order valence-electron chi connectivity index (χ3n) is 5.76. The molecular weight excluding hydrogens is 503 g/mol. The van der Waals surface area contributed by atoms with E-state index in [0.29, 0.717) is 0 Å². The normalized spacial score (nSPS) is 12.6. The first-order chi connectivity index (χ1) is 17.4. The van der Waals surface area contributed by atoms with Gasteiger partial charge in [0.2, 0.25) is 11.8 Å². The zero-order chi connectivity index (χ0) is 27.7. The largest absolute Gasteiger partial charge is 0.481 e. The van der Waals surface area contributed by atoms with Crippen LogP contribution >= 0.6 is 11.6 Å². The van der Waals surface area contributed by atoms with E-state index in [1.54, 1.807) is 13.8 Å². The molecule has 0 aromatic heterocycles. The Morgan fingerprint density at radius 1 is 1.08 bits per heavy atom. The minimum absolute atomic E-state index is 0.0576. The summed E-state index contributed by atoms with van der Waals surface area (Å²) in [6, 6.07) is 7.44. The molecule has 8 nitrogen and oxygen atoms in total. The maximum atomic E-state index is 13.9. The predicted molar refractivity (Wildman–Crippen MR) is 137 cm³/mol. The number of carboxylic acids is 1. The van der Waals surface area contributed by atoms with E-state index in [-0.39, 0.29) is 35.4 Å². The summed E-state index contributed by atoms with van der Waals surface area (Å²) in [5.74, 6) is -4.05. The van der Waals surface area contributed by atoms with Gasteiger partial charge in [-0.05, 0) is 43.0 Å². The molecule has 200 valence electrons. The third-order valence-corrected chi connectivity index (χ3v) is 6.11. The number of nitrogens with one attached hydrogen (secondary N) is 2. The molecule has 37 heavy (non-hydrogen) atoms. The number of carbonyl (C=O) groups excluding carboxylic acids is 3. The second-order valence-corrected chi connectivity index (χ2v) is 9.62. The summed E-state index contributed by atoms with van der Waals surface area (Å²) in [6.45, 7) is 6.36. The van der Waals surface area contributed by atoms with Crippen molar-refractivity contribution in [1.29, 1.82) is 0 Å². The van der Waals surface area contributed by atoms with E-state index in [4.69, 9.17) is 16.3 Å². The van der Waals surface area contributed by atoms with Gasteiger partial charge in [0.25, 0.3) is 0 Å². The lowest BCUT2D eigenvalue weighted by molar-refractivity contribution is -0.141. The van der Waals surface area contributed by atoms with Crippen LogP contribution in [-0.4, -0.2) is 47.4 Å². The first-order valence-electron chi connectivity index (χ1n) is 11.8. The number of ether oxygens (including phenoxy) is 1. The van der Waals surface area contributed by atoms with Crippen molar-refractivity contribution in [3.8, 4) is 0 Å². The number of hydrogen-bond donors (Lipinski definition) is 3. The molecule has 0 aliphatic carbocycles. The number of amides is 2. The Morgan fingerprint density at radius 3 is 2.41 bits per heavy atom. The van der Waals surface area contributed by atoms with Gasteiger partial charge in [-0.2, -0.15) is 0 Å². The van der Waals surface area contributed by atoms with Gasteiger partial charge in [-0.3, -0.25) is 19.2 Å². The molecular formula is C27H32ClFN2O6. The number of carbonyl (C=O) groups is 4. The highest BCUT2D eigenvalue weighted by Crippen LogP contribution is 2.19. The van der Waals surface area contributed by atoms with E-state index in [1.807, 2.05) is 32.0 Å². The van der Waals surface area contributed by atoms with Gasteiger partial charge in [-0.1, -0.05) is 55.3 Å². The zero-order valence-corrected chi connectivity index (χ0v) is 22.0. The second kappa shape index (κ2) is 13.9. The minimum atomic E-state index is -1.40. The number of rotatable bonds is 13. The van der Waals surface area contributed by atoms with Crippen LogP contribution in [0.2, 0.25) is 5.02 Å². The van der Waals surface area contributed by atoms with Crippen LogP contribution in [0.5, 0.6) is 0 Å². The van der Waals surface area contributed by atoms with E-state index in [1.165, 1.54) is 18.2 Å². The van der Waals surface area contributed by atoms with Crippen LogP contribution in [0.4, 0.5) is 4.39 Å². The smallest absolute Gasteiger partial charge is 0.305 e. The van der Waals surface area contributed by atoms with Crippen molar-refractivity contribution in [2.45, 2.75) is 59.2 Å². The number of carboxylic acid groups (broad SMARTS) is 1. The molecule has 0 saturated carbocycles. The van der Waals surface area contributed by atoms with Gasteiger partial charge in [-0.25, -0.2) is 4.39 Å². The highest BCUT2D eigenvalue weighted by atomic mass is 35.5. The molecule has 2 rings (SSSR count). The van der Waals surface area contributed by atoms with Crippen LogP contribution in [0.3, 0.4) is 0 Å². The third kappa shape index (κ3) is 9.26. The van der Waals surface area contributed by atoms with Gasteiger partial charge >= 0.3 is 5.97 Å². The van der Waals surface area contributed by atoms with E-state index >= 15 is 0 Å². The number of aliphatic carboxylic acids is 1. The maximum Gasteiger partial charge on any atom is 0.305 e. The lowest BCUT2D eigenvalue weighted by atomic mass is 9.99. The van der Waals surface area contributed by atoms with Gasteiger partial charge in [0.05, 0.1) is 19.4 Å². The highest BCUT2D eigenvalue weighted by molar-refractivity contribution is 6.31. The van der Waals surface area contributed by atoms with E-state index in [2.05, 4.69) is 10.6 Å². The van der Waals surface area contributed by atoms with E-state index in [9.17, 15) is 28.7 Å². The lowest BCUT2D eigenvalue weighted by Gasteiger charge is -2.25. The molecule has 3 N–H and O–H groups in total. The number of benzene rings is 2. The molecule has 2 atom stereocenters. The van der Waals surface area contributed by atoms with E-state index in [0.717, 1.165) is 16.7 Å². The number of ketones is 1. The van der Waals surface area contributed by atoms with Crippen molar-refractivity contribution < 1.29 is 33.4 Å². The molecule has 0 fully saturated rings. The SMILES string of the molecule is Cc1ccc(C)c(CC(=O)N[C@H](C(=O)N[C@@H](CC(=O)O)C(=O)COCc2c(F)cccc2Cl)C(C)C)c1. The summed E-state index contributed by atoms with van der Waals surface area (Å²) in [5, 5.41) is 14.5. The fourth-order valence-electron chi connectivity index (χ4n) is 3.63. The molecule has 0 bridgehead atoms. The van der Waals surface area contributed by atoms with Crippen LogP contribution in [0.25, 0.3) is 0 Å². The van der Waals surface area contributed by atoms with Crippen molar-refractivity contribution in [2.24, 2.45) is 5.92 Å². The fourth-order valence-corrected chi connectivity index (χ4v) is 3.85. The average Bonchev–Trinajstić information content (AvgIpc) is 2.80. The van der Waals surface area contributed by atoms with E-state index < -0.39 is 48.6 Å². The van der Waals surface area contributed by atoms with Crippen LogP contribution in [0.1, 0.15) is 42.5 Å². The fraction of sp³-hybridized carbons (Fsp3) is 0.407. The quantitative estimate of drug-likeness (QED) is 0.361. The molecule has 0 radical (unpaired) electrons. The Hall–Kier alpha value is -3.30. The number of Topliss-reactive ketones (excluding diaryl/α,β-unsaturated/α-hetero) is 1. The predicted octanol–water partition coefficient (Wildman–Crippen LogP) is 3.52. The molecule has 2 aromatic carbocycles. The van der Waals surface area contributed by atoms with Crippen LogP contribution in [0, 0.1) is 25.6 Å². The summed E-state index contributed by atoms with van der Waals surface area (Å²) in [6.07, 6.45) is -0.621. The number of halogens is 2. The number of hydrogen-bond acceptors (Lipinski definition) is 5. The molecule has 0 heterocycles. The molecule has 10 heteroatoms. The minimum Gasteiger partial charge on any atom is -0.481 e. The van der Waals surface area contributed by atoms with Crippen LogP contribution < -0.4 is 10.6 Å². The lowest BCUT2D eigenvalue weighted by Crippen LogP contribution is -2.54. The summed E-state index contributed by atoms with van der Waals surface area (Å²) < 4.78 is 19.2. The van der Waals surface area contributed by atoms with Gasteiger partial charge < -0.3 is 20.5 Å². The Morgan fingerprint density at radius 2 is 1.78 bits per heavy atom. The molecule has 2 amide bonds. The van der Waals surface area contributed by atoms with Crippen molar-refractivity contribution in [2.75, 3.05) is 6.61 Å². The maximum absolute atomic E-state index is 13.9. The second-order valence-electron chi connectivity index (χ2n) is 9.21. The first kappa shape index (κ1) is 29.9. The summed E-state index contributed by atoms with van der Waals surface area (Å²) >= 11 is 5.94. The molecule has 0 aliphatic rings. The Labute approximate surface area is 220 Å². The first-order valence-corrected chi connectivity index (χ1v) is 12.2. The Balaban J connectivity index is 2.04. The topological polar surface area (TPSA) is 122 Å². The van der Waals surface area contributed by atoms with Gasteiger partial charge in [0, 0.05) is 10.6 Å². The Kier molecular flexibility index (Phi) is 11.2. The molecule has 0 spiro atoms. The Bertz CT molecular complexity index is 1130. The molecule has 0 aliphatic heterocycles. The van der Waals surface area contributed by atoms with Crippen molar-refractivity contribution in [3.63, 3.8) is 0 Å². The highest BCUT2D eigenvalue weighted by Gasteiger charge is 2.30. The average molecular weight is 535 g/mol. The molecule has 2 aromatic rings. The molecule has 0 saturated heterocycles. The van der Waals surface area contributed by atoms with Crippen molar-refractivity contribution >= 4 is 35.2 Å². The monoisotopic (exact) mass is 534 g/mol. The van der Waals surface area contributed by atoms with Crippen LogP contribution in [-0.2, 0) is 36.9 Å². The van der Waals surface area contributed by atoms with Crippen molar-refractivity contribution in [1.82, 2.24) is 10.6 Å². The standard InChI is InChI=1S/C27H32ClFN2O6/c1-15(2)26(31-24(33)11-18-10-16(3)8-9-17(18)4)27(36)30-22(12-25(34)35)23(32)14-37-13-19-20(28)6-5-7-21(19)29/h5-10,15,22,26H,11-14H2,1-4H3,(H,30,36)(H,31,33)(H,34,35)/t22-,26-/m0/s1. The van der Waals surface area contributed by atoms with Gasteiger partial charge in [-0.15, -0.1) is 0 Å². The zero-order valence-electron chi connectivity index (χ0n) is 21.3. The summed E-state index contributed by atoms with van der Waals surface area (Å²) in [7, 11) is 0. The number of aryl methyl sites for hydroxylation is 2. The van der Waals surface area contributed by atoms with Gasteiger partial charge in [0.1, 0.15) is 24.5 Å². The van der Waals surface area contributed by atoms with Gasteiger partial charge in [0.15, 0.2) is 5.78 Å². The summed E-state index contributed by atoms with van der Waals surface area (Å²) in [5.41, 5.74) is 2.82. The summed E-state index contributed by atoms with van der Waals surface area (Å²) in [4.78, 5) is 49.7.